The smallest absolute Gasteiger partial charge is 0.252 e. The van der Waals surface area contributed by atoms with Crippen LogP contribution in [0.3, 0.4) is 0 Å². The molecule has 1 heterocycles. The van der Waals surface area contributed by atoms with E-state index in [9.17, 15) is 9.59 Å². The summed E-state index contributed by atoms with van der Waals surface area (Å²) >= 11 is 2.99. The van der Waals surface area contributed by atoms with Crippen LogP contribution in [-0.4, -0.2) is 23.6 Å². The molecule has 122 valence electrons. The minimum Gasteiger partial charge on any atom is -0.353 e. The minimum absolute atomic E-state index is 0.0289. The Morgan fingerprint density at radius 1 is 1.17 bits per heavy atom. The van der Waals surface area contributed by atoms with Gasteiger partial charge in [-0.3, -0.25) is 9.59 Å². The van der Waals surface area contributed by atoms with Gasteiger partial charge in [-0.2, -0.15) is 0 Å². The zero-order valence-corrected chi connectivity index (χ0v) is 14.8. The molecule has 4 nitrogen and oxygen atoms in total. The van der Waals surface area contributed by atoms with Gasteiger partial charge in [0.1, 0.15) is 0 Å². The molecule has 0 bridgehead atoms. The number of carbonyl (C=O) groups is 2. The summed E-state index contributed by atoms with van der Waals surface area (Å²) in [6, 6.07) is 11.4. The van der Waals surface area contributed by atoms with E-state index in [1.807, 2.05) is 49.6 Å². The first kappa shape index (κ1) is 17.6. The minimum atomic E-state index is -0.120. The SMILES string of the molecule is CC(C)NC(=O)CSc1ccccc1C(=O)NCc1cccs1. The van der Waals surface area contributed by atoms with Crippen LogP contribution in [0.1, 0.15) is 29.1 Å². The van der Waals surface area contributed by atoms with Crippen molar-refractivity contribution < 1.29 is 9.59 Å². The molecule has 0 saturated heterocycles. The van der Waals surface area contributed by atoms with Crippen molar-refractivity contribution in [2.24, 2.45) is 0 Å². The summed E-state index contributed by atoms with van der Waals surface area (Å²) in [5.41, 5.74) is 0.603. The first-order valence-electron chi connectivity index (χ1n) is 7.38. The van der Waals surface area contributed by atoms with Crippen molar-refractivity contribution in [3.63, 3.8) is 0 Å². The summed E-state index contributed by atoms with van der Waals surface area (Å²) in [5, 5.41) is 7.75. The second kappa shape index (κ2) is 8.74. The maximum Gasteiger partial charge on any atom is 0.252 e. The summed E-state index contributed by atoms with van der Waals surface area (Å²) in [6.45, 7) is 4.37. The van der Waals surface area contributed by atoms with Crippen molar-refractivity contribution in [3.8, 4) is 0 Å². The van der Waals surface area contributed by atoms with E-state index >= 15 is 0 Å². The highest BCUT2D eigenvalue weighted by Crippen LogP contribution is 2.22. The summed E-state index contributed by atoms with van der Waals surface area (Å²) in [4.78, 5) is 26.0. The molecule has 0 saturated carbocycles. The van der Waals surface area contributed by atoms with Gasteiger partial charge in [0.2, 0.25) is 5.91 Å². The number of benzene rings is 1. The summed E-state index contributed by atoms with van der Waals surface area (Å²) < 4.78 is 0. The molecule has 2 amide bonds. The van der Waals surface area contributed by atoms with Crippen LogP contribution >= 0.6 is 23.1 Å². The lowest BCUT2D eigenvalue weighted by molar-refractivity contribution is -0.119. The van der Waals surface area contributed by atoms with Gasteiger partial charge in [-0.15, -0.1) is 23.1 Å². The Hall–Kier alpha value is -1.79. The molecule has 2 rings (SSSR count). The van der Waals surface area contributed by atoms with Crippen molar-refractivity contribution in [2.45, 2.75) is 31.3 Å². The lowest BCUT2D eigenvalue weighted by atomic mass is 10.2. The Bertz CT molecular complexity index is 654. The third-order valence-electron chi connectivity index (χ3n) is 2.94. The molecule has 23 heavy (non-hydrogen) atoms. The molecule has 0 aliphatic heterocycles. The molecule has 0 aliphatic rings. The van der Waals surface area contributed by atoms with E-state index in [0.717, 1.165) is 9.77 Å². The highest BCUT2D eigenvalue weighted by Gasteiger charge is 2.13. The summed E-state index contributed by atoms with van der Waals surface area (Å²) in [6.07, 6.45) is 0. The van der Waals surface area contributed by atoms with E-state index < -0.39 is 0 Å². The zero-order valence-electron chi connectivity index (χ0n) is 13.2. The molecule has 1 aromatic carbocycles. The second-order valence-corrected chi connectivity index (χ2v) is 7.32. The van der Waals surface area contributed by atoms with Gasteiger partial charge in [0.15, 0.2) is 0 Å². The van der Waals surface area contributed by atoms with Crippen LogP contribution in [0.5, 0.6) is 0 Å². The van der Waals surface area contributed by atoms with Crippen LogP contribution in [-0.2, 0) is 11.3 Å². The topological polar surface area (TPSA) is 58.2 Å². The van der Waals surface area contributed by atoms with Gasteiger partial charge in [-0.1, -0.05) is 18.2 Å². The van der Waals surface area contributed by atoms with Crippen LogP contribution in [0, 0.1) is 0 Å². The molecular weight excluding hydrogens is 328 g/mol. The summed E-state index contributed by atoms with van der Waals surface area (Å²) in [7, 11) is 0. The third-order valence-corrected chi connectivity index (χ3v) is 4.89. The molecule has 1 aromatic heterocycles. The highest BCUT2D eigenvalue weighted by atomic mass is 32.2. The monoisotopic (exact) mass is 348 g/mol. The van der Waals surface area contributed by atoms with Gasteiger partial charge in [0.25, 0.3) is 5.91 Å². The Morgan fingerprint density at radius 2 is 1.96 bits per heavy atom. The first-order chi connectivity index (χ1) is 11.1. The second-order valence-electron chi connectivity index (χ2n) is 5.27. The van der Waals surface area contributed by atoms with Crippen LogP contribution in [0.2, 0.25) is 0 Å². The van der Waals surface area contributed by atoms with Gasteiger partial charge in [0, 0.05) is 15.8 Å². The predicted octanol–water partition coefficient (Wildman–Crippen LogP) is 3.29. The molecule has 0 fully saturated rings. The maximum atomic E-state index is 12.4. The van der Waals surface area contributed by atoms with Gasteiger partial charge < -0.3 is 10.6 Å². The first-order valence-corrected chi connectivity index (χ1v) is 9.24. The number of rotatable bonds is 7. The van der Waals surface area contributed by atoms with E-state index in [2.05, 4.69) is 10.6 Å². The quantitative estimate of drug-likeness (QED) is 0.755. The number of nitrogens with one attached hydrogen (secondary N) is 2. The van der Waals surface area contributed by atoms with Crippen LogP contribution in [0.25, 0.3) is 0 Å². The molecule has 0 atom stereocenters. The molecule has 0 spiro atoms. The number of amides is 2. The molecular formula is C17H20N2O2S2. The number of thioether (sulfide) groups is 1. The van der Waals surface area contributed by atoms with E-state index in [-0.39, 0.29) is 17.9 Å². The fourth-order valence-corrected chi connectivity index (χ4v) is 3.47. The van der Waals surface area contributed by atoms with Gasteiger partial charge in [-0.05, 0) is 37.4 Å². The zero-order chi connectivity index (χ0) is 16.7. The van der Waals surface area contributed by atoms with Gasteiger partial charge in [0.05, 0.1) is 17.9 Å². The number of carbonyl (C=O) groups excluding carboxylic acids is 2. The van der Waals surface area contributed by atoms with E-state index in [1.54, 1.807) is 17.4 Å². The highest BCUT2D eigenvalue weighted by molar-refractivity contribution is 8.00. The van der Waals surface area contributed by atoms with E-state index in [4.69, 9.17) is 0 Å². The Labute approximate surface area is 144 Å². The fraction of sp³-hybridized carbons (Fsp3) is 0.294. The van der Waals surface area contributed by atoms with Gasteiger partial charge in [-0.25, -0.2) is 0 Å². The summed E-state index contributed by atoms with van der Waals surface area (Å²) in [5.74, 6) is 0.150. The van der Waals surface area contributed by atoms with E-state index in [1.165, 1.54) is 11.8 Å². The third kappa shape index (κ3) is 5.73. The number of thiophene rings is 1. The van der Waals surface area contributed by atoms with Crippen molar-refractivity contribution in [3.05, 3.63) is 52.2 Å². The van der Waals surface area contributed by atoms with Crippen molar-refractivity contribution in [2.75, 3.05) is 5.75 Å². The Balaban J connectivity index is 1.96. The molecule has 2 N–H and O–H groups in total. The maximum absolute atomic E-state index is 12.4. The van der Waals surface area contributed by atoms with Crippen molar-refractivity contribution in [1.29, 1.82) is 0 Å². The van der Waals surface area contributed by atoms with Crippen LogP contribution in [0.15, 0.2) is 46.7 Å². The van der Waals surface area contributed by atoms with Crippen molar-refractivity contribution in [1.82, 2.24) is 10.6 Å². The van der Waals surface area contributed by atoms with Crippen LogP contribution < -0.4 is 10.6 Å². The number of hydrogen-bond donors (Lipinski definition) is 2. The lowest BCUT2D eigenvalue weighted by Crippen LogP contribution is -2.31. The lowest BCUT2D eigenvalue weighted by Gasteiger charge is -2.11. The molecule has 2 aromatic rings. The predicted molar refractivity (Wildman–Crippen MR) is 95.9 cm³/mol. The molecule has 6 heteroatoms. The molecule has 0 radical (unpaired) electrons. The van der Waals surface area contributed by atoms with E-state index in [0.29, 0.717) is 17.9 Å². The number of hydrogen-bond acceptors (Lipinski definition) is 4. The Morgan fingerprint density at radius 3 is 2.65 bits per heavy atom. The average molecular weight is 348 g/mol. The largest absolute Gasteiger partial charge is 0.353 e. The fourth-order valence-electron chi connectivity index (χ4n) is 1.96. The Kier molecular flexibility index (Phi) is 6.67. The average Bonchev–Trinajstić information content (AvgIpc) is 3.03. The molecule has 0 unspecified atom stereocenters. The normalized spacial score (nSPS) is 10.6. The van der Waals surface area contributed by atoms with Gasteiger partial charge >= 0.3 is 0 Å². The van der Waals surface area contributed by atoms with Crippen LogP contribution in [0.4, 0.5) is 0 Å². The standard InChI is InChI=1S/C17H20N2O2S2/c1-12(2)19-16(20)11-23-15-8-4-3-7-14(15)17(21)18-10-13-6-5-9-22-13/h3-9,12H,10-11H2,1-2H3,(H,18,21)(H,19,20). The van der Waals surface area contributed by atoms with Crippen molar-refractivity contribution >= 4 is 34.9 Å². The molecule has 0 aliphatic carbocycles.